The summed E-state index contributed by atoms with van der Waals surface area (Å²) in [7, 11) is 0. The van der Waals surface area contributed by atoms with E-state index in [1.165, 1.54) is 6.26 Å². The van der Waals surface area contributed by atoms with Gasteiger partial charge in [-0.25, -0.2) is 4.68 Å². The van der Waals surface area contributed by atoms with E-state index in [1.54, 1.807) is 22.9 Å². The second-order valence-electron chi connectivity index (χ2n) is 6.17. The minimum atomic E-state index is -0.887. The van der Waals surface area contributed by atoms with Crippen molar-refractivity contribution in [1.29, 1.82) is 0 Å². The van der Waals surface area contributed by atoms with Crippen LogP contribution in [0.1, 0.15) is 39.2 Å². The van der Waals surface area contributed by atoms with Crippen LogP contribution in [-0.2, 0) is 0 Å². The van der Waals surface area contributed by atoms with Gasteiger partial charge in [0.1, 0.15) is 11.9 Å². The Hall–Kier alpha value is -2.86. The van der Waals surface area contributed by atoms with Gasteiger partial charge in [-0.2, -0.15) is 5.10 Å². The molecule has 3 rings (SSSR count). The molecule has 25 heavy (non-hydrogen) atoms. The Morgan fingerprint density at radius 3 is 2.60 bits per heavy atom. The second kappa shape index (κ2) is 6.94. The average Bonchev–Trinajstić information content (AvgIpc) is 3.21. The molecular weight excluding hydrogens is 318 g/mol. The third kappa shape index (κ3) is 3.80. The number of hydrogen-bond acceptors (Lipinski definition) is 4. The number of carbonyl (C=O) groups is 1. The molecule has 0 aliphatic rings. The van der Waals surface area contributed by atoms with Crippen LogP contribution >= 0.6 is 0 Å². The Kier molecular flexibility index (Phi) is 4.72. The lowest BCUT2D eigenvalue weighted by atomic mass is 10.1. The van der Waals surface area contributed by atoms with Crippen molar-refractivity contribution in [1.82, 2.24) is 15.1 Å². The van der Waals surface area contributed by atoms with E-state index in [0.717, 1.165) is 22.5 Å². The van der Waals surface area contributed by atoms with E-state index in [0.29, 0.717) is 11.5 Å². The Balaban J connectivity index is 1.74. The van der Waals surface area contributed by atoms with Crippen LogP contribution in [-0.4, -0.2) is 27.3 Å². The molecule has 1 amide bonds. The molecule has 0 saturated heterocycles. The van der Waals surface area contributed by atoms with Crippen LogP contribution < -0.4 is 5.32 Å². The van der Waals surface area contributed by atoms with Crippen molar-refractivity contribution in [3.63, 3.8) is 0 Å². The molecule has 6 heteroatoms. The van der Waals surface area contributed by atoms with Gasteiger partial charge in [-0.1, -0.05) is 6.07 Å². The number of amides is 1. The van der Waals surface area contributed by atoms with E-state index in [4.69, 9.17) is 4.42 Å². The number of nitrogens with one attached hydrogen (secondary N) is 1. The van der Waals surface area contributed by atoms with Gasteiger partial charge in [0.05, 0.1) is 18.5 Å². The van der Waals surface area contributed by atoms with Gasteiger partial charge < -0.3 is 14.8 Å². The lowest BCUT2D eigenvalue weighted by Crippen LogP contribution is -2.28. The van der Waals surface area contributed by atoms with Crippen molar-refractivity contribution in [2.45, 2.75) is 26.9 Å². The lowest BCUT2D eigenvalue weighted by Gasteiger charge is -2.08. The predicted molar refractivity (Wildman–Crippen MR) is 93.8 cm³/mol. The zero-order valence-corrected chi connectivity index (χ0v) is 14.5. The van der Waals surface area contributed by atoms with Crippen LogP contribution in [0.2, 0.25) is 0 Å². The molecule has 2 aromatic heterocycles. The van der Waals surface area contributed by atoms with Crippen molar-refractivity contribution >= 4 is 5.91 Å². The lowest BCUT2D eigenvalue weighted by molar-refractivity contribution is 0.0896. The number of carbonyl (C=O) groups excluding carboxylic acids is 1. The Bertz CT molecular complexity index is 861. The topological polar surface area (TPSA) is 80.3 Å². The number of nitrogens with zero attached hydrogens (tertiary/aromatic N) is 2. The molecule has 1 aromatic carbocycles. The Labute approximate surface area is 146 Å². The molecule has 0 bridgehead atoms. The zero-order valence-electron chi connectivity index (χ0n) is 14.5. The SMILES string of the molecule is Cc1cc(C)cc(-n2nc(C(=O)NC[C@@H](O)c3ccco3)cc2C)c1. The number of hydrogen-bond donors (Lipinski definition) is 2. The summed E-state index contributed by atoms with van der Waals surface area (Å²) in [6.07, 6.45) is 0.594. The van der Waals surface area contributed by atoms with Gasteiger partial charge >= 0.3 is 0 Å². The summed E-state index contributed by atoms with van der Waals surface area (Å²) >= 11 is 0. The average molecular weight is 339 g/mol. The molecule has 0 spiro atoms. The highest BCUT2D eigenvalue weighted by molar-refractivity contribution is 5.92. The quantitative estimate of drug-likeness (QED) is 0.749. The molecule has 130 valence electrons. The monoisotopic (exact) mass is 339 g/mol. The molecule has 1 atom stereocenters. The van der Waals surface area contributed by atoms with Crippen molar-refractivity contribution in [3.05, 3.63) is 70.9 Å². The molecule has 2 N–H and O–H groups in total. The zero-order chi connectivity index (χ0) is 18.0. The highest BCUT2D eigenvalue weighted by Crippen LogP contribution is 2.16. The minimum Gasteiger partial charge on any atom is -0.467 e. The van der Waals surface area contributed by atoms with Crippen molar-refractivity contribution in [2.24, 2.45) is 0 Å². The maximum Gasteiger partial charge on any atom is 0.271 e. The van der Waals surface area contributed by atoms with E-state index in [2.05, 4.69) is 16.5 Å². The molecule has 6 nitrogen and oxygen atoms in total. The second-order valence-corrected chi connectivity index (χ2v) is 6.17. The third-order valence-corrected chi connectivity index (χ3v) is 3.90. The number of aliphatic hydroxyl groups excluding tert-OH is 1. The van der Waals surface area contributed by atoms with E-state index in [9.17, 15) is 9.90 Å². The Morgan fingerprint density at radius 2 is 1.96 bits per heavy atom. The van der Waals surface area contributed by atoms with Gasteiger partial charge in [0.15, 0.2) is 5.69 Å². The molecule has 0 aliphatic heterocycles. The van der Waals surface area contributed by atoms with E-state index in [1.807, 2.05) is 32.9 Å². The van der Waals surface area contributed by atoms with Gasteiger partial charge in [0, 0.05) is 5.69 Å². The van der Waals surface area contributed by atoms with E-state index >= 15 is 0 Å². The summed E-state index contributed by atoms with van der Waals surface area (Å²) in [5, 5.41) is 17.0. The maximum atomic E-state index is 12.3. The fraction of sp³-hybridized carbons (Fsp3) is 0.263. The summed E-state index contributed by atoms with van der Waals surface area (Å²) in [6.45, 7) is 6.01. The van der Waals surface area contributed by atoms with Crippen molar-refractivity contribution in [3.8, 4) is 5.69 Å². The Morgan fingerprint density at radius 1 is 1.24 bits per heavy atom. The van der Waals surface area contributed by atoms with Crippen molar-refractivity contribution < 1.29 is 14.3 Å². The van der Waals surface area contributed by atoms with Gasteiger partial charge in [-0.3, -0.25) is 4.79 Å². The minimum absolute atomic E-state index is 0.0573. The molecule has 0 unspecified atom stereocenters. The number of aryl methyl sites for hydroxylation is 3. The fourth-order valence-electron chi connectivity index (χ4n) is 2.78. The number of aliphatic hydroxyl groups is 1. The summed E-state index contributed by atoms with van der Waals surface area (Å²) in [5.41, 5.74) is 4.37. The molecule has 0 saturated carbocycles. The summed E-state index contributed by atoms with van der Waals surface area (Å²) in [6, 6.07) is 11.2. The van der Waals surface area contributed by atoms with E-state index < -0.39 is 6.10 Å². The molecule has 0 radical (unpaired) electrons. The first-order valence-electron chi connectivity index (χ1n) is 8.09. The predicted octanol–water partition coefficient (Wildman–Crippen LogP) is 2.85. The standard InChI is InChI=1S/C19H21N3O3/c1-12-7-13(2)9-15(8-12)22-14(3)10-16(21-22)19(24)20-11-17(23)18-5-4-6-25-18/h4-10,17,23H,11H2,1-3H3,(H,20,24)/t17-/m1/s1. The summed E-state index contributed by atoms with van der Waals surface area (Å²) in [4.78, 5) is 12.3. The first kappa shape index (κ1) is 17.0. The van der Waals surface area contributed by atoms with Crippen LogP contribution in [0.15, 0.2) is 47.1 Å². The smallest absolute Gasteiger partial charge is 0.271 e. The molecule has 3 aromatic rings. The normalized spacial score (nSPS) is 12.2. The molecule has 2 heterocycles. The molecular formula is C19H21N3O3. The van der Waals surface area contributed by atoms with Crippen LogP contribution in [0.5, 0.6) is 0 Å². The van der Waals surface area contributed by atoms with E-state index in [-0.39, 0.29) is 12.5 Å². The number of benzene rings is 1. The maximum absolute atomic E-state index is 12.3. The highest BCUT2D eigenvalue weighted by Gasteiger charge is 2.16. The molecule has 0 aliphatic carbocycles. The van der Waals surface area contributed by atoms with Crippen LogP contribution in [0, 0.1) is 20.8 Å². The van der Waals surface area contributed by atoms with Crippen molar-refractivity contribution in [2.75, 3.05) is 6.54 Å². The summed E-state index contributed by atoms with van der Waals surface area (Å²) < 4.78 is 6.86. The fourth-order valence-corrected chi connectivity index (χ4v) is 2.78. The van der Waals surface area contributed by atoms with Gasteiger partial charge in [0.2, 0.25) is 0 Å². The third-order valence-electron chi connectivity index (χ3n) is 3.90. The first-order chi connectivity index (χ1) is 11.9. The van der Waals surface area contributed by atoms with Crippen LogP contribution in [0.4, 0.5) is 0 Å². The number of aromatic nitrogens is 2. The van der Waals surface area contributed by atoms with Crippen LogP contribution in [0.25, 0.3) is 5.69 Å². The number of rotatable bonds is 5. The van der Waals surface area contributed by atoms with Gasteiger partial charge in [-0.15, -0.1) is 0 Å². The summed E-state index contributed by atoms with van der Waals surface area (Å²) in [5.74, 6) is 0.0778. The largest absolute Gasteiger partial charge is 0.467 e. The first-order valence-corrected chi connectivity index (χ1v) is 8.09. The number of furan rings is 1. The van der Waals surface area contributed by atoms with Gasteiger partial charge in [0.25, 0.3) is 5.91 Å². The van der Waals surface area contributed by atoms with Crippen LogP contribution in [0.3, 0.4) is 0 Å². The highest BCUT2D eigenvalue weighted by atomic mass is 16.4. The molecule has 0 fully saturated rings. The van der Waals surface area contributed by atoms with Gasteiger partial charge in [-0.05, 0) is 62.2 Å².